The molecule has 0 aromatic carbocycles. The SMILES string of the molecule is CCNc1cc(C(=O)NCc2nc(C)cs2)c(Cl)cn1. The highest BCUT2D eigenvalue weighted by Gasteiger charge is 2.12. The Bertz CT molecular complexity index is 614. The van der Waals surface area contributed by atoms with Crippen molar-refractivity contribution in [1.82, 2.24) is 15.3 Å². The van der Waals surface area contributed by atoms with Crippen LogP contribution in [-0.4, -0.2) is 22.4 Å². The van der Waals surface area contributed by atoms with E-state index in [0.29, 0.717) is 22.9 Å². The van der Waals surface area contributed by atoms with Crippen molar-refractivity contribution in [1.29, 1.82) is 0 Å². The molecule has 20 heavy (non-hydrogen) atoms. The molecule has 5 nitrogen and oxygen atoms in total. The van der Waals surface area contributed by atoms with Gasteiger partial charge in [0.05, 0.1) is 17.1 Å². The fourth-order valence-electron chi connectivity index (χ4n) is 1.63. The van der Waals surface area contributed by atoms with Gasteiger partial charge >= 0.3 is 0 Å². The second-order valence-corrected chi connectivity index (χ2v) is 5.49. The first-order valence-corrected chi connectivity index (χ1v) is 7.44. The van der Waals surface area contributed by atoms with Crippen molar-refractivity contribution >= 4 is 34.7 Å². The van der Waals surface area contributed by atoms with Gasteiger partial charge in [0.2, 0.25) is 0 Å². The average Bonchev–Trinajstić information content (AvgIpc) is 2.84. The number of hydrogen-bond acceptors (Lipinski definition) is 5. The van der Waals surface area contributed by atoms with E-state index in [9.17, 15) is 4.79 Å². The van der Waals surface area contributed by atoms with Gasteiger partial charge in [0.1, 0.15) is 10.8 Å². The first-order chi connectivity index (χ1) is 9.60. The summed E-state index contributed by atoms with van der Waals surface area (Å²) in [6.07, 6.45) is 1.47. The zero-order chi connectivity index (χ0) is 14.5. The monoisotopic (exact) mass is 310 g/mol. The molecule has 0 atom stereocenters. The van der Waals surface area contributed by atoms with E-state index in [2.05, 4.69) is 20.6 Å². The van der Waals surface area contributed by atoms with Gasteiger partial charge in [-0.3, -0.25) is 4.79 Å². The number of aryl methyl sites for hydroxylation is 1. The molecule has 0 bridgehead atoms. The maximum absolute atomic E-state index is 12.1. The molecule has 0 aliphatic heterocycles. The molecule has 0 saturated heterocycles. The maximum atomic E-state index is 12.1. The molecule has 7 heteroatoms. The minimum Gasteiger partial charge on any atom is -0.370 e. The van der Waals surface area contributed by atoms with Gasteiger partial charge in [-0.15, -0.1) is 11.3 Å². The number of carbonyl (C=O) groups is 1. The third-order valence-electron chi connectivity index (χ3n) is 2.52. The number of amides is 1. The molecule has 2 rings (SSSR count). The van der Waals surface area contributed by atoms with E-state index in [4.69, 9.17) is 11.6 Å². The van der Waals surface area contributed by atoms with Crippen molar-refractivity contribution in [3.63, 3.8) is 0 Å². The number of carbonyl (C=O) groups excluding carboxylic acids is 1. The molecule has 0 aliphatic carbocycles. The molecule has 0 unspecified atom stereocenters. The van der Waals surface area contributed by atoms with Gasteiger partial charge in [0, 0.05) is 23.8 Å². The van der Waals surface area contributed by atoms with Crippen LogP contribution in [0.4, 0.5) is 5.82 Å². The summed E-state index contributed by atoms with van der Waals surface area (Å²) in [6, 6.07) is 1.65. The standard InChI is InChI=1S/C13H15ClN4OS/c1-3-15-11-4-9(10(14)5-16-11)13(19)17-6-12-18-8(2)7-20-12/h4-5,7H,3,6H2,1-2H3,(H,15,16)(H,17,19). The number of nitrogens with zero attached hydrogens (tertiary/aromatic N) is 2. The van der Waals surface area contributed by atoms with Gasteiger partial charge < -0.3 is 10.6 Å². The molecule has 2 aromatic heterocycles. The van der Waals surface area contributed by atoms with Crippen LogP contribution in [0.5, 0.6) is 0 Å². The number of hydrogen-bond donors (Lipinski definition) is 2. The minimum atomic E-state index is -0.232. The Kier molecular flexibility index (Phi) is 4.92. The number of thiazole rings is 1. The number of aromatic nitrogens is 2. The van der Waals surface area contributed by atoms with Crippen LogP contribution in [0.25, 0.3) is 0 Å². The van der Waals surface area contributed by atoms with Gasteiger partial charge in [-0.2, -0.15) is 0 Å². The molecule has 0 fully saturated rings. The van der Waals surface area contributed by atoms with Crippen molar-refractivity contribution in [3.8, 4) is 0 Å². The number of anilines is 1. The highest BCUT2D eigenvalue weighted by Crippen LogP contribution is 2.18. The Hall–Kier alpha value is -1.66. The highest BCUT2D eigenvalue weighted by atomic mass is 35.5. The van der Waals surface area contributed by atoms with E-state index in [1.807, 2.05) is 19.2 Å². The predicted octanol–water partition coefficient (Wildman–Crippen LogP) is 2.86. The van der Waals surface area contributed by atoms with Crippen LogP contribution in [0, 0.1) is 6.92 Å². The number of halogens is 1. The van der Waals surface area contributed by atoms with E-state index >= 15 is 0 Å². The second-order valence-electron chi connectivity index (χ2n) is 4.15. The molecule has 0 spiro atoms. The Morgan fingerprint density at radius 2 is 2.30 bits per heavy atom. The molecule has 0 saturated carbocycles. The Labute approximate surface area is 126 Å². The fourth-order valence-corrected chi connectivity index (χ4v) is 2.53. The lowest BCUT2D eigenvalue weighted by atomic mass is 10.2. The summed E-state index contributed by atoms with van der Waals surface area (Å²) in [4.78, 5) is 20.5. The minimum absolute atomic E-state index is 0.232. The van der Waals surface area contributed by atoms with Crippen LogP contribution < -0.4 is 10.6 Å². The van der Waals surface area contributed by atoms with Gasteiger partial charge in [0.25, 0.3) is 5.91 Å². The molecule has 2 heterocycles. The van der Waals surface area contributed by atoms with E-state index in [1.165, 1.54) is 17.5 Å². The van der Waals surface area contributed by atoms with Crippen LogP contribution in [0.3, 0.4) is 0 Å². The van der Waals surface area contributed by atoms with Crippen LogP contribution in [0.2, 0.25) is 5.02 Å². The van der Waals surface area contributed by atoms with Crippen LogP contribution in [-0.2, 0) is 6.54 Å². The van der Waals surface area contributed by atoms with E-state index in [1.54, 1.807) is 6.07 Å². The largest absolute Gasteiger partial charge is 0.370 e. The molecular formula is C13H15ClN4OS. The summed E-state index contributed by atoms with van der Waals surface area (Å²) in [6.45, 7) is 5.01. The molecule has 106 valence electrons. The van der Waals surface area contributed by atoms with Crippen molar-refractivity contribution in [2.24, 2.45) is 0 Å². The van der Waals surface area contributed by atoms with E-state index in [-0.39, 0.29) is 5.91 Å². The van der Waals surface area contributed by atoms with Crippen LogP contribution in [0.15, 0.2) is 17.6 Å². The third kappa shape index (κ3) is 3.68. The zero-order valence-electron chi connectivity index (χ0n) is 11.2. The zero-order valence-corrected chi connectivity index (χ0v) is 12.8. The lowest BCUT2D eigenvalue weighted by molar-refractivity contribution is 0.0951. The molecule has 1 amide bonds. The summed E-state index contributed by atoms with van der Waals surface area (Å²) >= 11 is 7.53. The summed E-state index contributed by atoms with van der Waals surface area (Å²) in [5.74, 6) is 0.400. The van der Waals surface area contributed by atoms with E-state index < -0.39 is 0 Å². The molecule has 2 aromatic rings. The number of rotatable bonds is 5. The Morgan fingerprint density at radius 3 is 2.95 bits per heavy atom. The summed E-state index contributed by atoms with van der Waals surface area (Å²) in [7, 11) is 0. The highest BCUT2D eigenvalue weighted by molar-refractivity contribution is 7.09. The first-order valence-electron chi connectivity index (χ1n) is 6.18. The fraction of sp³-hybridized carbons (Fsp3) is 0.308. The quantitative estimate of drug-likeness (QED) is 0.891. The number of pyridine rings is 1. The lowest BCUT2D eigenvalue weighted by Crippen LogP contribution is -2.23. The maximum Gasteiger partial charge on any atom is 0.253 e. The van der Waals surface area contributed by atoms with Crippen LogP contribution >= 0.6 is 22.9 Å². The Morgan fingerprint density at radius 1 is 1.50 bits per heavy atom. The van der Waals surface area contributed by atoms with Crippen molar-refractivity contribution in [2.45, 2.75) is 20.4 Å². The smallest absolute Gasteiger partial charge is 0.253 e. The summed E-state index contributed by atoms with van der Waals surface area (Å²) in [5, 5.41) is 9.00. The first kappa shape index (κ1) is 14.7. The predicted molar refractivity (Wildman–Crippen MR) is 81.4 cm³/mol. The number of nitrogens with one attached hydrogen (secondary N) is 2. The lowest BCUT2D eigenvalue weighted by Gasteiger charge is -2.08. The average molecular weight is 311 g/mol. The van der Waals surface area contributed by atoms with Gasteiger partial charge in [-0.1, -0.05) is 11.6 Å². The van der Waals surface area contributed by atoms with Crippen molar-refractivity contribution in [3.05, 3.63) is 38.9 Å². The van der Waals surface area contributed by atoms with Gasteiger partial charge in [0.15, 0.2) is 0 Å². The topological polar surface area (TPSA) is 66.9 Å². The summed E-state index contributed by atoms with van der Waals surface area (Å²) < 4.78 is 0. The van der Waals surface area contributed by atoms with Gasteiger partial charge in [-0.05, 0) is 19.9 Å². The molecule has 0 radical (unpaired) electrons. The van der Waals surface area contributed by atoms with Crippen molar-refractivity contribution < 1.29 is 4.79 Å². The molecule has 2 N–H and O–H groups in total. The summed E-state index contributed by atoms with van der Waals surface area (Å²) in [5.41, 5.74) is 1.36. The van der Waals surface area contributed by atoms with E-state index in [0.717, 1.165) is 17.2 Å². The third-order valence-corrected chi connectivity index (χ3v) is 3.79. The van der Waals surface area contributed by atoms with Crippen LogP contribution in [0.1, 0.15) is 28.0 Å². The van der Waals surface area contributed by atoms with Gasteiger partial charge in [-0.25, -0.2) is 9.97 Å². The molecule has 0 aliphatic rings. The second kappa shape index (κ2) is 6.67. The normalized spacial score (nSPS) is 10.3. The Balaban J connectivity index is 2.06. The van der Waals surface area contributed by atoms with Crippen molar-refractivity contribution in [2.75, 3.05) is 11.9 Å². The molecular weight excluding hydrogens is 296 g/mol.